The molecule has 0 aliphatic heterocycles. The molecule has 2 aromatic heterocycles. The van der Waals surface area contributed by atoms with Crippen LogP contribution in [-0.2, 0) is 14.3 Å². The predicted octanol–water partition coefficient (Wildman–Crippen LogP) is 3.87. The van der Waals surface area contributed by atoms with Crippen LogP contribution in [0, 0.1) is 19.7 Å². The minimum absolute atomic E-state index is 0.173. The van der Waals surface area contributed by atoms with E-state index < -0.39 is 24.5 Å². The van der Waals surface area contributed by atoms with E-state index in [1.165, 1.54) is 23.5 Å². The van der Waals surface area contributed by atoms with Gasteiger partial charge in [-0.25, -0.2) is 19.0 Å². The zero-order chi connectivity index (χ0) is 22.5. The molecule has 0 aliphatic carbocycles. The van der Waals surface area contributed by atoms with Crippen LogP contribution in [0.3, 0.4) is 0 Å². The maximum atomic E-state index is 13.0. The molecule has 0 aliphatic rings. The van der Waals surface area contributed by atoms with Crippen LogP contribution in [-0.4, -0.2) is 41.0 Å². The lowest BCUT2D eigenvalue weighted by molar-refractivity contribution is -0.119. The van der Waals surface area contributed by atoms with E-state index in [9.17, 15) is 18.8 Å². The quantitative estimate of drug-likeness (QED) is 0.534. The lowest BCUT2D eigenvalue weighted by Gasteiger charge is -2.06. The molecular formula is C21H20FN3O5S. The summed E-state index contributed by atoms with van der Waals surface area (Å²) in [7, 11) is 0. The van der Waals surface area contributed by atoms with E-state index in [0.717, 1.165) is 0 Å². The van der Waals surface area contributed by atoms with Gasteiger partial charge in [0, 0.05) is 16.6 Å². The van der Waals surface area contributed by atoms with Crippen LogP contribution in [0.5, 0.6) is 0 Å². The van der Waals surface area contributed by atoms with E-state index >= 15 is 0 Å². The number of thiazole rings is 1. The van der Waals surface area contributed by atoms with Crippen LogP contribution >= 0.6 is 11.3 Å². The molecule has 3 rings (SSSR count). The van der Waals surface area contributed by atoms with Crippen molar-refractivity contribution in [3.8, 4) is 11.3 Å². The summed E-state index contributed by atoms with van der Waals surface area (Å²) >= 11 is 1.19. The number of hydrogen-bond donors (Lipinski definition) is 2. The fraction of sp³-hybridized carbons (Fsp3) is 0.238. The molecule has 0 spiro atoms. The fourth-order valence-corrected chi connectivity index (χ4v) is 3.64. The van der Waals surface area contributed by atoms with Gasteiger partial charge in [-0.2, -0.15) is 0 Å². The van der Waals surface area contributed by atoms with Crippen molar-refractivity contribution < 1.29 is 28.2 Å². The Labute approximate surface area is 181 Å². The van der Waals surface area contributed by atoms with Crippen molar-refractivity contribution in [3.05, 3.63) is 58.0 Å². The molecular weight excluding hydrogens is 425 g/mol. The molecule has 0 atom stereocenters. The van der Waals surface area contributed by atoms with Crippen molar-refractivity contribution >= 4 is 34.3 Å². The van der Waals surface area contributed by atoms with Crippen LogP contribution in [0.4, 0.5) is 9.52 Å². The Hall–Kier alpha value is -3.53. The molecule has 8 nitrogen and oxygen atoms in total. The van der Waals surface area contributed by atoms with Crippen molar-refractivity contribution in [2.75, 3.05) is 18.5 Å². The van der Waals surface area contributed by atoms with Crippen molar-refractivity contribution in [1.29, 1.82) is 0 Å². The molecule has 0 bridgehead atoms. The Balaban J connectivity index is 1.60. The average molecular weight is 445 g/mol. The van der Waals surface area contributed by atoms with E-state index in [0.29, 0.717) is 27.6 Å². The summed E-state index contributed by atoms with van der Waals surface area (Å²) in [5.74, 6) is -2.22. The highest BCUT2D eigenvalue weighted by molar-refractivity contribution is 7.14. The van der Waals surface area contributed by atoms with Gasteiger partial charge in [0.05, 0.1) is 17.9 Å². The van der Waals surface area contributed by atoms with Gasteiger partial charge in [-0.1, -0.05) is 0 Å². The molecule has 0 saturated heterocycles. The number of H-pyrrole nitrogens is 1. The molecule has 1 amide bonds. The number of aryl methyl sites for hydroxylation is 1. The van der Waals surface area contributed by atoms with Crippen LogP contribution in [0.2, 0.25) is 0 Å². The second kappa shape index (κ2) is 9.52. The number of nitrogens with one attached hydrogen (secondary N) is 2. The number of halogens is 1. The lowest BCUT2D eigenvalue weighted by atomic mass is 10.1. The van der Waals surface area contributed by atoms with Gasteiger partial charge >= 0.3 is 11.9 Å². The number of anilines is 1. The first-order valence-electron chi connectivity index (χ1n) is 9.34. The lowest BCUT2D eigenvalue weighted by Crippen LogP contribution is -2.21. The molecule has 10 heteroatoms. The van der Waals surface area contributed by atoms with Crippen LogP contribution in [0.15, 0.2) is 29.6 Å². The zero-order valence-electron chi connectivity index (χ0n) is 17.1. The van der Waals surface area contributed by atoms with Crippen LogP contribution in [0.25, 0.3) is 11.3 Å². The number of rotatable bonds is 7. The largest absolute Gasteiger partial charge is 0.461 e. The molecule has 0 radical (unpaired) electrons. The molecule has 2 N–H and O–H groups in total. The highest BCUT2D eigenvalue weighted by atomic mass is 32.1. The third-order valence-electron chi connectivity index (χ3n) is 4.35. The molecule has 0 saturated carbocycles. The number of benzene rings is 1. The molecule has 31 heavy (non-hydrogen) atoms. The summed E-state index contributed by atoms with van der Waals surface area (Å²) in [6, 6.07) is 5.82. The first-order valence-corrected chi connectivity index (χ1v) is 10.2. The number of amides is 1. The molecule has 0 fully saturated rings. The van der Waals surface area contributed by atoms with Gasteiger partial charge in [-0.05, 0) is 50.6 Å². The number of hydrogen-bond acceptors (Lipinski definition) is 7. The number of ether oxygens (including phenoxy) is 2. The normalized spacial score (nSPS) is 10.6. The third kappa shape index (κ3) is 5.15. The van der Waals surface area contributed by atoms with E-state index in [2.05, 4.69) is 15.3 Å². The van der Waals surface area contributed by atoms with Gasteiger partial charge in [0.25, 0.3) is 5.91 Å². The molecule has 162 valence electrons. The molecule has 3 aromatic rings. The number of carbonyl (C=O) groups excluding carboxylic acids is 3. The van der Waals surface area contributed by atoms with E-state index in [-0.39, 0.29) is 23.7 Å². The van der Waals surface area contributed by atoms with Crippen LogP contribution < -0.4 is 5.32 Å². The second-order valence-electron chi connectivity index (χ2n) is 6.51. The minimum atomic E-state index is -0.733. The third-order valence-corrected chi connectivity index (χ3v) is 5.10. The van der Waals surface area contributed by atoms with Crippen molar-refractivity contribution in [1.82, 2.24) is 9.97 Å². The van der Waals surface area contributed by atoms with Gasteiger partial charge in [-0.15, -0.1) is 11.3 Å². The number of esters is 2. The van der Waals surface area contributed by atoms with Crippen molar-refractivity contribution in [2.45, 2.75) is 20.8 Å². The van der Waals surface area contributed by atoms with Crippen molar-refractivity contribution in [2.24, 2.45) is 0 Å². The number of carbonyl (C=O) groups is 3. The van der Waals surface area contributed by atoms with E-state index in [1.54, 1.807) is 38.3 Å². The summed E-state index contributed by atoms with van der Waals surface area (Å²) in [5, 5.41) is 4.59. The first kappa shape index (κ1) is 22.2. The second-order valence-corrected chi connectivity index (χ2v) is 7.37. The van der Waals surface area contributed by atoms with Gasteiger partial charge in [-0.3, -0.25) is 10.1 Å². The highest BCUT2D eigenvalue weighted by Gasteiger charge is 2.24. The molecule has 0 unspecified atom stereocenters. The Morgan fingerprint density at radius 2 is 1.84 bits per heavy atom. The topological polar surface area (TPSA) is 110 Å². The fourth-order valence-electron chi connectivity index (χ4n) is 2.91. The van der Waals surface area contributed by atoms with Gasteiger partial charge in [0.1, 0.15) is 11.5 Å². The maximum absolute atomic E-state index is 13.0. The van der Waals surface area contributed by atoms with E-state index in [4.69, 9.17) is 9.47 Å². The molecule has 2 heterocycles. The smallest absolute Gasteiger partial charge is 0.355 e. The number of aromatic nitrogens is 2. The van der Waals surface area contributed by atoms with Gasteiger partial charge in [0.2, 0.25) is 0 Å². The Kier molecular flexibility index (Phi) is 6.81. The van der Waals surface area contributed by atoms with Gasteiger partial charge in [0.15, 0.2) is 11.7 Å². The Morgan fingerprint density at radius 3 is 2.52 bits per heavy atom. The average Bonchev–Trinajstić information content (AvgIpc) is 3.31. The maximum Gasteiger partial charge on any atom is 0.355 e. The Morgan fingerprint density at radius 1 is 1.13 bits per heavy atom. The van der Waals surface area contributed by atoms with E-state index in [1.807, 2.05) is 0 Å². The highest BCUT2D eigenvalue weighted by Crippen LogP contribution is 2.25. The molecule has 1 aromatic carbocycles. The minimum Gasteiger partial charge on any atom is -0.461 e. The monoisotopic (exact) mass is 445 g/mol. The summed E-state index contributed by atoms with van der Waals surface area (Å²) in [6.45, 7) is 4.58. The number of nitrogens with zero attached hydrogens (tertiary/aromatic N) is 1. The summed E-state index contributed by atoms with van der Waals surface area (Å²) in [5.41, 5.74) is 2.48. The number of aromatic amines is 1. The summed E-state index contributed by atoms with van der Waals surface area (Å²) < 4.78 is 23.1. The Bertz CT molecular complexity index is 1120. The summed E-state index contributed by atoms with van der Waals surface area (Å²) in [4.78, 5) is 43.6. The predicted molar refractivity (Wildman–Crippen MR) is 113 cm³/mol. The SMILES string of the molecule is CCOC(=O)c1[nH]c(C)c(C(=O)OCC(=O)Nc2nc(-c3ccc(F)cc3)cs2)c1C. The van der Waals surface area contributed by atoms with Crippen LogP contribution in [0.1, 0.15) is 39.0 Å². The van der Waals surface area contributed by atoms with Crippen molar-refractivity contribution in [3.63, 3.8) is 0 Å². The first-order chi connectivity index (χ1) is 14.8. The standard InChI is InChI=1S/C21H20FN3O5S/c1-4-29-20(28)18-11(2)17(12(3)23-18)19(27)30-9-16(26)25-21-24-15(10-31-21)13-5-7-14(22)8-6-13/h5-8,10,23H,4,9H2,1-3H3,(H,24,25,26). The van der Waals surface area contributed by atoms with Gasteiger partial charge < -0.3 is 14.5 Å². The zero-order valence-corrected chi connectivity index (χ0v) is 17.9. The summed E-state index contributed by atoms with van der Waals surface area (Å²) in [6.07, 6.45) is 0.